The van der Waals surface area contributed by atoms with Gasteiger partial charge in [0.2, 0.25) is 0 Å². The number of nitrogens with zero attached hydrogens (tertiary/aromatic N) is 1. The quantitative estimate of drug-likeness (QED) is 0.641. The van der Waals surface area contributed by atoms with Crippen LogP contribution in [0, 0.1) is 0 Å². The van der Waals surface area contributed by atoms with E-state index < -0.39 is 0 Å². The molecule has 1 aromatic rings. The van der Waals surface area contributed by atoms with Gasteiger partial charge in [0.15, 0.2) is 0 Å². The van der Waals surface area contributed by atoms with E-state index in [1.807, 2.05) is 6.07 Å². The molecule has 2 rings (SSSR count). The third-order valence-electron chi connectivity index (χ3n) is 3.05. The molecule has 0 fully saturated rings. The van der Waals surface area contributed by atoms with Gasteiger partial charge >= 0.3 is 5.97 Å². The van der Waals surface area contributed by atoms with Crippen molar-refractivity contribution in [2.75, 3.05) is 19.4 Å². The van der Waals surface area contributed by atoms with E-state index in [1.165, 1.54) is 7.11 Å². The zero-order valence-corrected chi connectivity index (χ0v) is 10.3. The van der Waals surface area contributed by atoms with Gasteiger partial charge in [0.25, 0.3) is 5.91 Å². The van der Waals surface area contributed by atoms with Gasteiger partial charge in [-0.25, -0.2) is 0 Å². The summed E-state index contributed by atoms with van der Waals surface area (Å²) in [6.07, 6.45) is 0.945. The second-order valence-electron chi connectivity index (χ2n) is 4.32. The Morgan fingerprint density at radius 3 is 3.00 bits per heavy atom. The fraction of sp³-hybridized carbons (Fsp3) is 0.385. The van der Waals surface area contributed by atoms with E-state index in [4.69, 9.17) is 5.73 Å². The zero-order valence-electron chi connectivity index (χ0n) is 10.3. The van der Waals surface area contributed by atoms with Crippen molar-refractivity contribution >= 4 is 17.6 Å². The Morgan fingerprint density at radius 2 is 2.28 bits per heavy atom. The second-order valence-corrected chi connectivity index (χ2v) is 4.32. The Bertz CT molecular complexity index is 485. The Kier molecular flexibility index (Phi) is 3.50. The van der Waals surface area contributed by atoms with Crippen molar-refractivity contribution in [3.05, 3.63) is 29.3 Å². The van der Waals surface area contributed by atoms with Crippen LogP contribution in [0.25, 0.3) is 0 Å². The predicted octanol–water partition coefficient (Wildman–Crippen LogP) is 1.18. The number of esters is 1. The second kappa shape index (κ2) is 5.08. The summed E-state index contributed by atoms with van der Waals surface area (Å²) in [7, 11) is 1.36. The van der Waals surface area contributed by atoms with Gasteiger partial charge in [-0.2, -0.15) is 0 Å². The van der Waals surface area contributed by atoms with Gasteiger partial charge < -0.3 is 15.4 Å². The van der Waals surface area contributed by atoms with Crippen molar-refractivity contribution in [1.82, 2.24) is 4.90 Å². The van der Waals surface area contributed by atoms with Crippen molar-refractivity contribution in [1.29, 1.82) is 0 Å². The zero-order chi connectivity index (χ0) is 13.1. The molecule has 1 amide bonds. The molecule has 0 saturated carbocycles. The summed E-state index contributed by atoms with van der Waals surface area (Å²) in [5, 5.41) is 0. The van der Waals surface area contributed by atoms with Gasteiger partial charge in [-0.1, -0.05) is 6.07 Å². The lowest BCUT2D eigenvalue weighted by atomic mass is 10.1. The molecule has 5 nitrogen and oxygen atoms in total. The van der Waals surface area contributed by atoms with Gasteiger partial charge in [-0.15, -0.1) is 0 Å². The number of nitrogen functional groups attached to an aromatic ring is 1. The Morgan fingerprint density at radius 1 is 1.50 bits per heavy atom. The maximum absolute atomic E-state index is 12.0. The molecule has 1 aromatic carbocycles. The molecule has 0 bridgehead atoms. The molecule has 0 saturated heterocycles. The first-order valence-electron chi connectivity index (χ1n) is 5.86. The minimum absolute atomic E-state index is 0.0119. The summed E-state index contributed by atoms with van der Waals surface area (Å²) >= 11 is 0. The topological polar surface area (TPSA) is 72.6 Å². The molecule has 0 aliphatic carbocycles. The van der Waals surface area contributed by atoms with Crippen molar-refractivity contribution < 1.29 is 14.3 Å². The van der Waals surface area contributed by atoms with E-state index in [-0.39, 0.29) is 11.9 Å². The molecule has 1 aliphatic heterocycles. The Labute approximate surface area is 106 Å². The molecule has 96 valence electrons. The number of nitrogens with two attached hydrogens (primary N) is 1. The molecule has 0 unspecified atom stereocenters. The molecule has 1 aliphatic rings. The Hall–Kier alpha value is -2.04. The van der Waals surface area contributed by atoms with Gasteiger partial charge in [0.05, 0.1) is 7.11 Å². The van der Waals surface area contributed by atoms with Crippen LogP contribution >= 0.6 is 0 Å². The van der Waals surface area contributed by atoms with Crippen molar-refractivity contribution in [3.8, 4) is 0 Å². The molecule has 0 aromatic heterocycles. The van der Waals surface area contributed by atoms with E-state index in [0.717, 1.165) is 5.56 Å². The van der Waals surface area contributed by atoms with Crippen LogP contribution < -0.4 is 5.73 Å². The normalized spacial score (nSPS) is 13.6. The minimum Gasteiger partial charge on any atom is -0.469 e. The molecule has 0 radical (unpaired) electrons. The minimum atomic E-state index is -0.247. The highest BCUT2D eigenvalue weighted by atomic mass is 16.5. The van der Waals surface area contributed by atoms with Crippen LogP contribution in [0.2, 0.25) is 0 Å². The number of anilines is 1. The van der Waals surface area contributed by atoms with Gasteiger partial charge in [-0.05, 0) is 24.1 Å². The molecule has 2 N–H and O–H groups in total. The number of amides is 1. The summed E-state index contributed by atoms with van der Waals surface area (Å²) in [6.45, 7) is 1.15. The summed E-state index contributed by atoms with van der Waals surface area (Å²) in [5.41, 5.74) is 7.93. The Balaban J connectivity index is 1.95. The molecule has 0 atom stereocenters. The molecular formula is C13H16N2O3. The van der Waals surface area contributed by atoms with Crippen molar-refractivity contribution in [3.63, 3.8) is 0 Å². The number of ether oxygens (including phenoxy) is 1. The lowest BCUT2D eigenvalue weighted by molar-refractivity contribution is -0.140. The van der Waals surface area contributed by atoms with Crippen LogP contribution in [-0.4, -0.2) is 30.4 Å². The van der Waals surface area contributed by atoms with Crippen LogP contribution in [-0.2, 0) is 16.1 Å². The third kappa shape index (κ3) is 2.45. The molecule has 1 heterocycles. The number of rotatable bonds is 4. The summed E-state index contributed by atoms with van der Waals surface area (Å²) in [5.74, 6) is -0.259. The van der Waals surface area contributed by atoms with Gasteiger partial charge in [0.1, 0.15) is 0 Å². The summed E-state index contributed by atoms with van der Waals surface area (Å²) in [4.78, 5) is 24.8. The molecule has 0 spiro atoms. The largest absolute Gasteiger partial charge is 0.469 e. The maximum atomic E-state index is 12.0. The molecule has 18 heavy (non-hydrogen) atoms. The summed E-state index contributed by atoms with van der Waals surface area (Å²) in [6, 6.07) is 5.38. The highest BCUT2D eigenvalue weighted by Gasteiger charge is 2.26. The van der Waals surface area contributed by atoms with Crippen LogP contribution in [0.3, 0.4) is 0 Å². The average molecular weight is 248 g/mol. The molecule has 5 heteroatoms. The number of fused-ring (bicyclic) bond motifs is 1. The van der Waals surface area contributed by atoms with Gasteiger partial charge in [0, 0.05) is 30.8 Å². The lowest BCUT2D eigenvalue weighted by Crippen LogP contribution is -2.25. The first-order chi connectivity index (χ1) is 8.61. The average Bonchev–Trinajstić information content (AvgIpc) is 2.66. The first kappa shape index (κ1) is 12.4. The van der Waals surface area contributed by atoms with E-state index in [9.17, 15) is 9.59 Å². The highest BCUT2D eigenvalue weighted by molar-refractivity contribution is 5.99. The molecular weight excluding hydrogens is 232 g/mol. The highest BCUT2D eigenvalue weighted by Crippen LogP contribution is 2.24. The number of carbonyl (C=O) groups is 2. The van der Waals surface area contributed by atoms with E-state index in [2.05, 4.69) is 4.74 Å². The van der Waals surface area contributed by atoms with Crippen LogP contribution in [0.5, 0.6) is 0 Å². The first-order valence-corrected chi connectivity index (χ1v) is 5.86. The van der Waals surface area contributed by atoms with Crippen molar-refractivity contribution in [2.45, 2.75) is 19.4 Å². The number of hydrogen-bond acceptors (Lipinski definition) is 4. The van der Waals surface area contributed by atoms with Crippen LogP contribution in [0.4, 0.5) is 5.69 Å². The lowest BCUT2D eigenvalue weighted by Gasteiger charge is -2.14. The number of methoxy groups -OCH3 is 1. The van der Waals surface area contributed by atoms with E-state index in [0.29, 0.717) is 37.2 Å². The predicted molar refractivity (Wildman–Crippen MR) is 66.8 cm³/mol. The van der Waals surface area contributed by atoms with Crippen molar-refractivity contribution in [2.24, 2.45) is 0 Å². The van der Waals surface area contributed by atoms with Crippen LogP contribution in [0.15, 0.2) is 18.2 Å². The number of carbonyl (C=O) groups excluding carboxylic acids is 2. The number of hydrogen-bond donors (Lipinski definition) is 1. The third-order valence-corrected chi connectivity index (χ3v) is 3.05. The fourth-order valence-corrected chi connectivity index (χ4v) is 2.08. The van der Waals surface area contributed by atoms with E-state index >= 15 is 0 Å². The van der Waals surface area contributed by atoms with E-state index in [1.54, 1.807) is 17.0 Å². The van der Waals surface area contributed by atoms with Gasteiger partial charge in [-0.3, -0.25) is 9.59 Å². The number of benzene rings is 1. The monoisotopic (exact) mass is 248 g/mol. The smallest absolute Gasteiger partial charge is 0.305 e. The van der Waals surface area contributed by atoms with Crippen LogP contribution in [0.1, 0.15) is 28.8 Å². The maximum Gasteiger partial charge on any atom is 0.305 e. The standard InChI is InChI=1S/C13H16N2O3/c1-18-12(16)3-2-6-15-8-9-4-5-10(14)7-11(9)13(15)17/h4-5,7H,2-3,6,8,14H2,1H3. The fourth-order valence-electron chi connectivity index (χ4n) is 2.08. The summed E-state index contributed by atoms with van der Waals surface area (Å²) < 4.78 is 4.56. The SMILES string of the molecule is COC(=O)CCCN1Cc2ccc(N)cc2C1=O.